The summed E-state index contributed by atoms with van der Waals surface area (Å²) in [5.74, 6) is 0.872. The number of hydrogen-bond donors (Lipinski definition) is 2. The van der Waals surface area contributed by atoms with Crippen molar-refractivity contribution in [2.24, 2.45) is 7.05 Å². The lowest BCUT2D eigenvalue weighted by Crippen LogP contribution is -2.39. The molecule has 18 heavy (non-hydrogen) atoms. The lowest BCUT2D eigenvalue weighted by atomic mass is 10.4. The van der Waals surface area contributed by atoms with Crippen LogP contribution in [0.15, 0.2) is 12.4 Å². The average molecular weight is 274 g/mol. The van der Waals surface area contributed by atoms with Crippen LogP contribution < -0.4 is 10.0 Å². The van der Waals surface area contributed by atoms with E-state index in [2.05, 4.69) is 15.0 Å². The summed E-state index contributed by atoms with van der Waals surface area (Å²) in [6.45, 7) is 5.27. The fraction of sp³-hybridized carbons (Fsp3) is 0.727. The predicted molar refractivity (Wildman–Crippen MR) is 71.8 cm³/mol. The summed E-state index contributed by atoms with van der Waals surface area (Å²) >= 11 is 0. The molecule has 0 amide bonds. The molecule has 0 saturated carbocycles. The zero-order chi connectivity index (χ0) is 13.6. The van der Waals surface area contributed by atoms with E-state index >= 15 is 0 Å². The lowest BCUT2D eigenvalue weighted by Gasteiger charge is -2.14. The van der Waals surface area contributed by atoms with Crippen LogP contribution in [0.2, 0.25) is 0 Å². The van der Waals surface area contributed by atoms with Crippen molar-refractivity contribution in [2.45, 2.75) is 25.5 Å². The molecule has 0 aliphatic heterocycles. The van der Waals surface area contributed by atoms with Gasteiger partial charge in [-0.25, -0.2) is 18.1 Å². The summed E-state index contributed by atoms with van der Waals surface area (Å²) in [4.78, 5) is 4.15. The highest BCUT2D eigenvalue weighted by molar-refractivity contribution is 7.90. The molecule has 0 saturated heterocycles. The van der Waals surface area contributed by atoms with E-state index < -0.39 is 15.3 Å². The van der Waals surface area contributed by atoms with Crippen LogP contribution in [0.5, 0.6) is 0 Å². The van der Waals surface area contributed by atoms with Crippen molar-refractivity contribution in [3.8, 4) is 0 Å². The summed E-state index contributed by atoms with van der Waals surface area (Å²) in [7, 11) is -1.35. The third-order valence-corrected chi connectivity index (χ3v) is 4.62. The summed E-state index contributed by atoms with van der Waals surface area (Å²) in [5.41, 5.74) is 0. The maximum atomic E-state index is 11.9. The number of aryl methyl sites for hydroxylation is 1. The molecule has 1 rings (SSSR count). The van der Waals surface area contributed by atoms with E-state index in [-0.39, 0.29) is 0 Å². The summed E-state index contributed by atoms with van der Waals surface area (Å²) in [5, 5.41) is 2.60. The van der Waals surface area contributed by atoms with Gasteiger partial charge in [0.1, 0.15) is 5.82 Å². The number of nitrogens with one attached hydrogen (secondary N) is 2. The average Bonchev–Trinajstić information content (AvgIpc) is 2.72. The van der Waals surface area contributed by atoms with E-state index in [1.165, 1.54) is 0 Å². The zero-order valence-electron chi connectivity index (χ0n) is 11.2. The topological polar surface area (TPSA) is 76.0 Å². The molecule has 0 aliphatic rings. The molecular formula is C11H22N4O2S. The second-order valence-corrected chi connectivity index (χ2v) is 6.45. The van der Waals surface area contributed by atoms with E-state index in [4.69, 9.17) is 0 Å². The fourth-order valence-electron chi connectivity index (χ4n) is 1.54. The number of aromatic nitrogens is 2. The van der Waals surface area contributed by atoms with Crippen LogP contribution in [0.1, 0.15) is 19.7 Å². The van der Waals surface area contributed by atoms with Crippen LogP contribution in [0, 0.1) is 0 Å². The summed E-state index contributed by atoms with van der Waals surface area (Å²) in [6.07, 6.45) is 4.14. The Labute approximate surface area is 109 Å². The molecule has 0 aromatic carbocycles. The van der Waals surface area contributed by atoms with Gasteiger partial charge in [-0.3, -0.25) is 0 Å². The molecule has 0 aliphatic carbocycles. The Morgan fingerprint density at radius 3 is 2.78 bits per heavy atom. The van der Waals surface area contributed by atoms with E-state index in [0.717, 1.165) is 12.4 Å². The largest absolute Gasteiger partial charge is 0.338 e. The Kier molecular flexibility index (Phi) is 5.77. The first kappa shape index (κ1) is 15.1. The summed E-state index contributed by atoms with van der Waals surface area (Å²) < 4.78 is 28.2. The Hall–Kier alpha value is -0.920. The number of imidazole rings is 1. The maximum Gasteiger partial charge on any atom is 0.215 e. The molecule has 7 heteroatoms. The van der Waals surface area contributed by atoms with Crippen LogP contribution in [-0.2, 0) is 23.5 Å². The third kappa shape index (κ3) is 4.40. The zero-order valence-corrected chi connectivity index (χ0v) is 12.0. The van der Waals surface area contributed by atoms with Gasteiger partial charge < -0.3 is 9.88 Å². The molecule has 0 spiro atoms. The molecule has 0 fully saturated rings. The van der Waals surface area contributed by atoms with Crippen LogP contribution >= 0.6 is 0 Å². The number of rotatable bonds is 8. The van der Waals surface area contributed by atoms with Crippen molar-refractivity contribution in [1.82, 2.24) is 19.6 Å². The first-order chi connectivity index (χ1) is 8.47. The molecule has 1 aromatic rings. The minimum absolute atomic E-state index is 0.379. The molecule has 1 unspecified atom stereocenters. The molecule has 1 heterocycles. The van der Waals surface area contributed by atoms with Gasteiger partial charge in [-0.05, 0) is 13.5 Å². The fourth-order valence-corrected chi connectivity index (χ4v) is 2.55. The first-order valence-electron chi connectivity index (χ1n) is 6.12. The van der Waals surface area contributed by atoms with Crippen molar-refractivity contribution < 1.29 is 8.42 Å². The molecule has 0 bridgehead atoms. The van der Waals surface area contributed by atoms with Gasteiger partial charge in [0.2, 0.25) is 10.0 Å². The highest BCUT2D eigenvalue weighted by atomic mass is 32.2. The number of sulfonamides is 1. The monoisotopic (exact) mass is 274 g/mol. The minimum atomic E-state index is -3.25. The number of hydrogen-bond acceptors (Lipinski definition) is 4. The molecule has 0 radical (unpaired) electrons. The van der Waals surface area contributed by atoms with Gasteiger partial charge in [-0.1, -0.05) is 6.92 Å². The Morgan fingerprint density at radius 2 is 2.22 bits per heavy atom. The van der Waals surface area contributed by atoms with Crippen LogP contribution in [-0.4, -0.2) is 42.9 Å². The van der Waals surface area contributed by atoms with E-state index in [1.54, 1.807) is 13.1 Å². The van der Waals surface area contributed by atoms with Gasteiger partial charge in [0.25, 0.3) is 0 Å². The predicted octanol–water partition coefficient (Wildman–Crippen LogP) is -0.120. The van der Waals surface area contributed by atoms with Crippen molar-refractivity contribution in [3.05, 3.63) is 18.2 Å². The van der Waals surface area contributed by atoms with E-state index in [9.17, 15) is 8.42 Å². The van der Waals surface area contributed by atoms with Gasteiger partial charge in [0, 0.05) is 39.0 Å². The van der Waals surface area contributed by atoms with Crippen LogP contribution in [0.3, 0.4) is 0 Å². The third-order valence-electron chi connectivity index (χ3n) is 2.78. The van der Waals surface area contributed by atoms with Crippen molar-refractivity contribution >= 4 is 10.0 Å². The second kappa shape index (κ2) is 6.86. The standard InChI is InChI=1S/C11H22N4O2S/c1-4-12-9-10(2)18(16,17)14-6-5-11-13-7-8-15(11)3/h7-8,10,12,14H,4-6,9H2,1-3H3. The van der Waals surface area contributed by atoms with E-state index in [0.29, 0.717) is 19.5 Å². The van der Waals surface area contributed by atoms with Gasteiger partial charge >= 0.3 is 0 Å². The Bertz CT molecular complexity index is 455. The van der Waals surface area contributed by atoms with Crippen molar-refractivity contribution in [3.63, 3.8) is 0 Å². The molecule has 1 atom stereocenters. The SMILES string of the molecule is CCNCC(C)S(=O)(=O)NCCc1nccn1C. The van der Waals surface area contributed by atoms with Gasteiger partial charge in [-0.2, -0.15) is 0 Å². The van der Waals surface area contributed by atoms with Crippen molar-refractivity contribution in [1.29, 1.82) is 0 Å². The second-order valence-electron chi connectivity index (χ2n) is 4.26. The van der Waals surface area contributed by atoms with Crippen LogP contribution in [0.25, 0.3) is 0 Å². The molecule has 2 N–H and O–H groups in total. The summed E-state index contributed by atoms with van der Waals surface area (Å²) in [6, 6.07) is 0. The molecule has 1 aromatic heterocycles. The maximum absolute atomic E-state index is 11.9. The quantitative estimate of drug-likeness (QED) is 0.693. The van der Waals surface area contributed by atoms with Crippen LogP contribution in [0.4, 0.5) is 0 Å². The van der Waals surface area contributed by atoms with Gasteiger partial charge in [0.05, 0.1) is 5.25 Å². The molecule has 6 nitrogen and oxygen atoms in total. The Morgan fingerprint density at radius 1 is 1.50 bits per heavy atom. The molecular weight excluding hydrogens is 252 g/mol. The van der Waals surface area contributed by atoms with E-state index in [1.807, 2.05) is 24.7 Å². The van der Waals surface area contributed by atoms with Gasteiger partial charge in [0.15, 0.2) is 0 Å². The normalized spacial score (nSPS) is 13.7. The number of nitrogens with zero attached hydrogens (tertiary/aromatic N) is 2. The lowest BCUT2D eigenvalue weighted by molar-refractivity contribution is 0.559. The smallest absolute Gasteiger partial charge is 0.215 e. The van der Waals surface area contributed by atoms with Gasteiger partial charge in [-0.15, -0.1) is 0 Å². The van der Waals surface area contributed by atoms with Crippen molar-refractivity contribution in [2.75, 3.05) is 19.6 Å². The Balaban J connectivity index is 2.40. The highest BCUT2D eigenvalue weighted by Crippen LogP contribution is 1.99. The highest BCUT2D eigenvalue weighted by Gasteiger charge is 2.19. The first-order valence-corrected chi connectivity index (χ1v) is 7.67. The molecule has 104 valence electrons. The minimum Gasteiger partial charge on any atom is -0.338 e.